The van der Waals surface area contributed by atoms with Gasteiger partial charge in [-0.1, -0.05) is 41.9 Å². The molecule has 5 nitrogen and oxygen atoms in total. The minimum absolute atomic E-state index is 0.276. The van der Waals surface area contributed by atoms with Crippen molar-refractivity contribution >= 4 is 23.3 Å². The van der Waals surface area contributed by atoms with Crippen LogP contribution in [0.3, 0.4) is 0 Å². The number of para-hydroxylation sites is 1. The largest absolute Gasteiger partial charge is 0.382 e. The van der Waals surface area contributed by atoms with E-state index in [4.69, 9.17) is 21.1 Å². The van der Waals surface area contributed by atoms with Crippen LogP contribution in [0, 0.1) is 0 Å². The van der Waals surface area contributed by atoms with Crippen LogP contribution < -0.4 is 10.6 Å². The Kier molecular flexibility index (Phi) is 7.06. The third kappa shape index (κ3) is 5.23. The van der Waals surface area contributed by atoms with Crippen LogP contribution in [-0.4, -0.2) is 26.9 Å². The maximum absolute atomic E-state index is 12.3. The highest BCUT2D eigenvalue weighted by Gasteiger charge is 2.15. The van der Waals surface area contributed by atoms with Crippen molar-refractivity contribution in [1.82, 2.24) is 5.32 Å². The highest BCUT2D eigenvalue weighted by atomic mass is 35.5. The molecule has 2 amide bonds. The molecule has 2 N–H and O–H groups in total. The predicted octanol–water partition coefficient (Wildman–Crippen LogP) is 4.00. The summed E-state index contributed by atoms with van der Waals surface area (Å²) in [5.41, 5.74) is 2.54. The molecule has 128 valence electrons. The molecule has 0 spiro atoms. The van der Waals surface area contributed by atoms with Crippen LogP contribution in [0.5, 0.6) is 0 Å². The summed E-state index contributed by atoms with van der Waals surface area (Å²) in [6.07, 6.45) is 0. The minimum Gasteiger partial charge on any atom is -0.382 e. The number of halogens is 1. The maximum atomic E-state index is 12.3. The summed E-state index contributed by atoms with van der Waals surface area (Å²) in [5, 5.41) is 6.41. The van der Waals surface area contributed by atoms with Crippen LogP contribution in [0.2, 0.25) is 5.02 Å². The molecule has 0 heterocycles. The fraction of sp³-hybridized carbons (Fsp3) is 0.278. The molecule has 1 atom stereocenters. The van der Waals surface area contributed by atoms with Gasteiger partial charge < -0.3 is 20.1 Å². The Morgan fingerprint density at radius 3 is 2.46 bits per heavy atom. The van der Waals surface area contributed by atoms with Gasteiger partial charge in [-0.05, 0) is 23.8 Å². The van der Waals surface area contributed by atoms with Gasteiger partial charge >= 0.3 is 6.03 Å². The number of amides is 2. The lowest BCUT2D eigenvalue weighted by Crippen LogP contribution is -2.35. The van der Waals surface area contributed by atoms with Gasteiger partial charge in [-0.15, -0.1) is 0 Å². The van der Waals surface area contributed by atoms with Gasteiger partial charge in [0.2, 0.25) is 0 Å². The van der Waals surface area contributed by atoms with E-state index in [-0.39, 0.29) is 12.1 Å². The van der Waals surface area contributed by atoms with Crippen LogP contribution in [0.4, 0.5) is 10.5 Å². The maximum Gasteiger partial charge on any atom is 0.319 e. The first-order valence-corrected chi connectivity index (χ1v) is 7.90. The van der Waals surface area contributed by atoms with Gasteiger partial charge in [0.15, 0.2) is 0 Å². The van der Waals surface area contributed by atoms with Crippen molar-refractivity contribution in [1.29, 1.82) is 0 Å². The van der Waals surface area contributed by atoms with Crippen LogP contribution in [-0.2, 0) is 16.1 Å². The Hall–Kier alpha value is -2.08. The summed E-state index contributed by atoms with van der Waals surface area (Å²) in [6.45, 7) is 0.782. The van der Waals surface area contributed by atoms with E-state index in [1.165, 1.54) is 0 Å². The topological polar surface area (TPSA) is 59.6 Å². The molecule has 2 aromatic carbocycles. The zero-order valence-electron chi connectivity index (χ0n) is 13.7. The molecule has 0 saturated heterocycles. The standard InChI is InChI=1S/C18H21ClN2O3/c1-23-11-14-5-3-4-6-16(14)20-18(22)21-17(12-24-2)13-7-9-15(19)10-8-13/h3-10,17H,11-12H2,1-2H3,(H2,20,21,22). The lowest BCUT2D eigenvalue weighted by molar-refractivity contribution is 0.168. The Bertz CT molecular complexity index is 662. The number of carbonyl (C=O) groups is 1. The molecule has 0 aliphatic rings. The van der Waals surface area contributed by atoms with Crippen molar-refractivity contribution in [3.63, 3.8) is 0 Å². The fourth-order valence-corrected chi connectivity index (χ4v) is 2.45. The number of rotatable bonds is 7. The second kappa shape index (κ2) is 9.27. The lowest BCUT2D eigenvalue weighted by Gasteiger charge is -2.19. The first-order chi connectivity index (χ1) is 11.6. The average Bonchev–Trinajstić information content (AvgIpc) is 2.57. The highest BCUT2D eigenvalue weighted by molar-refractivity contribution is 6.30. The Morgan fingerprint density at radius 1 is 1.08 bits per heavy atom. The summed E-state index contributed by atoms with van der Waals surface area (Å²) in [5.74, 6) is 0. The first kappa shape index (κ1) is 18.3. The number of benzene rings is 2. The van der Waals surface area contributed by atoms with Gasteiger partial charge in [-0.25, -0.2) is 4.79 Å². The van der Waals surface area contributed by atoms with E-state index in [1.54, 1.807) is 26.4 Å². The van der Waals surface area contributed by atoms with E-state index in [1.807, 2.05) is 36.4 Å². The van der Waals surface area contributed by atoms with Gasteiger partial charge in [0.1, 0.15) is 0 Å². The first-order valence-electron chi connectivity index (χ1n) is 7.52. The summed E-state index contributed by atoms with van der Waals surface area (Å²) >= 11 is 5.91. The average molecular weight is 349 g/mol. The molecule has 0 saturated carbocycles. The molecule has 0 radical (unpaired) electrons. The number of carbonyl (C=O) groups excluding carboxylic acids is 1. The monoisotopic (exact) mass is 348 g/mol. The number of methoxy groups -OCH3 is 2. The summed E-state index contributed by atoms with van der Waals surface area (Å²) in [7, 11) is 3.21. The van der Waals surface area contributed by atoms with Crippen LogP contribution in [0.1, 0.15) is 17.2 Å². The SMILES string of the molecule is COCc1ccccc1NC(=O)NC(COC)c1ccc(Cl)cc1. The van der Waals surface area contributed by atoms with Gasteiger partial charge in [-0.2, -0.15) is 0 Å². The number of anilines is 1. The predicted molar refractivity (Wildman–Crippen MR) is 95.4 cm³/mol. The van der Waals surface area contributed by atoms with Gasteiger partial charge in [-0.3, -0.25) is 0 Å². The van der Waals surface area contributed by atoms with E-state index >= 15 is 0 Å². The molecule has 6 heteroatoms. The van der Waals surface area contributed by atoms with Crippen molar-refractivity contribution in [3.8, 4) is 0 Å². The number of nitrogens with one attached hydrogen (secondary N) is 2. The van der Waals surface area contributed by atoms with Crippen LogP contribution in [0.25, 0.3) is 0 Å². The third-order valence-electron chi connectivity index (χ3n) is 3.48. The van der Waals surface area contributed by atoms with Crippen molar-refractivity contribution in [2.45, 2.75) is 12.6 Å². The molecule has 2 rings (SSSR count). The number of ether oxygens (including phenoxy) is 2. The van der Waals surface area contributed by atoms with Gasteiger partial charge in [0.25, 0.3) is 0 Å². The molecule has 0 aliphatic heterocycles. The van der Waals surface area contributed by atoms with E-state index in [0.29, 0.717) is 23.9 Å². The summed E-state index contributed by atoms with van der Waals surface area (Å²) in [4.78, 5) is 12.3. The van der Waals surface area contributed by atoms with Crippen molar-refractivity contribution < 1.29 is 14.3 Å². The smallest absolute Gasteiger partial charge is 0.319 e. The zero-order valence-corrected chi connectivity index (χ0v) is 14.5. The second-order valence-corrected chi connectivity index (χ2v) is 5.68. The van der Waals surface area contributed by atoms with Crippen molar-refractivity contribution in [2.75, 3.05) is 26.1 Å². The normalized spacial score (nSPS) is 11.8. The van der Waals surface area contributed by atoms with Gasteiger partial charge in [0, 0.05) is 30.5 Å². The molecule has 0 bridgehead atoms. The molecule has 2 aromatic rings. The Labute approximate surface area is 146 Å². The Balaban J connectivity index is 2.07. The summed E-state index contributed by atoms with van der Waals surface area (Å²) < 4.78 is 10.4. The number of hydrogen-bond acceptors (Lipinski definition) is 3. The Morgan fingerprint density at radius 2 is 1.79 bits per heavy atom. The molecule has 0 aromatic heterocycles. The van der Waals surface area contributed by atoms with Gasteiger partial charge in [0.05, 0.1) is 19.3 Å². The van der Waals surface area contributed by atoms with Crippen molar-refractivity contribution in [3.05, 3.63) is 64.7 Å². The molecule has 1 unspecified atom stereocenters. The number of hydrogen-bond donors (Lipinski definition) is 2. The molecule has 0 fully saturated rings. The molecular weight excluding hydrogens is 328 g/mol. The van der Waals surface area contributed by atoms with E-state index in [2.05, 4.69) is 10.6 Å². The highest BCUT2D eigenvalue weighted by Crippen LogP contribution is 2.19. The molecule has 0 aliphatic carbocycles. The second-order valence-electron chi connectivity index (χ2n) is 5.25. The van der Waals surface area contributed by atoms with E-state index < -0.39 is 0 Å². The lowest BCUT2D eigenvalue weighted by atomic mass is 10.1. The minimum atomic E-state index is -0.310. The fourth-order valence-electron chi connectivity index (χ4n) is 2.32. The number of urea groups is 1. The van der Waals surface area contributed by atoms with Crippen molar-refractivity contribution in [2.24, 2.45) is 0 Å². The van der Waals surface area contributed by atoms with E-state index in [0.717, 1.165) is 11.1 Å². The van der Waals surface area contributed by atoms with E-state index in [9.17, 15) is 4.79 Å². The quantitative estimate of drug-likeness (QED) is 0.795. The zero-order chi connectivity index (χ0) is 17.4. The van der Waals surface area contributed by atoms with Crippen LogP contribution in [0.15, 0.2) is 48.5 Å². The molecule has 24 heavy (non-hydrogen) atoms. The third-order valence-corrected chi connectivity index (χ3v) is 3.73. The molecular formula is C18H21ClN2O3. The summed E-state index contributed by atoms with van der Waals surface area (Å²) in [6, 6.07) is 14.2. The van der Waals surface area contributed by atoms with Crippen LogP contribution >= 0.6 is 11.6 Å².